The Hall–Kier alpha value is -2.83. The van der Waals surface area contributed by atoms with Crippen LogP contribution in [-0.4, -0.2) is 140 Å². The van der Waals surface area contributed by atoms with E-state index in [9.17, 15) is 45.6 Å². The highest BCUT2D eigenvalue weighted by molar-refractivity contribution is 5.76. The quantitative estimate of drug-likeness (QED) is 0.0204. The van der Waals surface area contributed by atoms with Crippen molar-refractivity contribution >= 4 is 5.91 Å². The average Bonchev–Trinajstić information content (AvgIpc) is 3.46. The minimum Gasteiger partial charge on any atom is -0.394 e. The van der Waals surface area contributed by atoms with Gasteiger partial charge in [0.2, 0.25) is 5.91 Å². The van der Waals surface area contributed by atoms with E-state index in [0.29, 0.717) is 19.3 Å². The maximum Gasteiger partial charge on any atom is 0.220 e. The van der Waals surface area contributed by atoms with E-state index < -0.39 is 86.8 Å². The van der Waals surface area contributed by atoms with Gasteiger partial charge in [-0.15, -0.1) is 0 Å². The van der Waals surface area contributed by atoms with Crippen LogP contribution in [0, 0.1) is 0 Å². The van der Waals surface area contributed by atoms with Crippen molar-refractivity contribution in [3.05, 3.63) is 85.1 Å². The summed E-state index contributed by atoms with van der Waals surface area (Å²) in [4.78, 5) is 13.3. The van der Waals surface area contributed by atoms with E-state index in [4.69, 9.17) is 18.9 Å². The van der Waals surface area contributed by atoms with Crippen LogP contribution in [0.3, 0.4) is 0 Å². The van der Waals surface area contributed by atoms with Gasteiger partial charge < -0.3 is 65.1 Å². The topological polar surface area (TPSA) is 228 Å². The molecule has 9 N–H and O–H groups in total. The number of aliphatic hydroxyl groups excluding tert-OH is 8. The normalized spacial score (nSPS) is 24.8. The average molecular weight is 1130 g/mol. The summed E-state index contributed by atoms with van der Waals surface area (Å²) in [7, 11) is 0. The fourth-order valence-electron chi connectivity index (χ4n) is 10.0. The molecule has 14 nitrogen and oxygen atoms in total. The van der Waals surface area contributed by atoms with E-state index in [1.54, 1.807) is 0 Å². The maximum absolute atomic E-state index is 13.3. The van der Waals surface area contributed by atoms with Gasteiger partial charge >= 0.3 is 0 Å². The molecule has 2 heterocycles. The number of allylic oxidation sites excluding steroid dienone is 14. The van der Waals surface area contributed by atoms with Crippen molar-refractivity contribution in [3.63, 3.8) is 0 Å². The zero-order valence-corrected chi connectivity index (χ0v) is 49.8. The number of unbranched alkanes of at least 4 members (excludes halogenated alkanes) is 23. The second-order valence-corrected chi connectivity index (χ2v) is 22.2. The Labute approximate surface area is 484 Å². The summed E-state index contributed by atoms with van der Waals surface area (Å²) in [5.41, 5.74) is 0. The summed E-state index contributed by atoms with van der Waals surface area (Å²) in [5, 5.41) is 87.3. The molecule has 1 amide bonds. The third kappa shape index (κ3) is 35.3. The number of hydrogen-bond acceptors (Lipinski definition) is 13. The van der Waals surface area contributed by atoms with Crippen molar-refractivity contribution in [1.82, 2.24) is 5.32 Å². The molecule has 14 heteroatoms. The third-order valence-electron chi connectivity index (χ3n) is 15.1. The van der Waals surface area contributed by atoms with Crippen LogP contribution in [0.15, 0.2) is 85.1 Å². The molecule has 0 spiro atoms. The monoisotopic (exact) mass is 1130 g/mol. The number of carbonyl (C=O) groups is 1. The SMILES string of the molecule is CC/C=C\C/C=C\C/C=C\C/C=C\C/C=C\C/C=C\C/C=C\CCCCCCCCCCCC(=O)NC(COC1OC(CO)C(OC2OC(CO)C(O)C(O)C2O)C(O)C1O)C(O)CCCCCCCCCCCCCCCCC. The smallest absolute Gasteiger partial charge is 0.220 e. The fraction of sp³-hybridized carbons (Fsp3) is 0.773. The highest BCUT2D eigenvalue weighted by atomic mass is 16.7. The Morgan fingerprint density at radius 1 is 0.463 bits per heavy atom. The Kier molecular flexibility index (Phi) is 46.4. The standard InChI is InChI=1S/C66H115NO13/c1-3-5-7-9-11-13-15-17-19-20-21-22-23-24-25-26-27-28-29-30-31-32-33-34-36-38-40-42-44-46-48-50-58(71)67-54(55(70)49-47-45-43-41-39-37-35-18-16-14-12-10-8-6-4-2)53-77-65-63(76)61(74)64(57(52-69)79-65)80-66-62(75)60(73)59(72)56(51-68)78-66/h5,7,11,13,17,19,21-22,24-25,27-28,30-31,54-57,59-66,68-70,72-76H,3-4,6,8-10,12,14-16,18,20,23,26,29,32-53H2,1-2H3,(H,67,71)/b7-5-,13-11-,19-17-,22-21-,25-24-,28-27-,31-30-. The van der Waals surface area contributed by atoms with Crippen LogP contribution >= 0.6 is 0 Å². The molecule has 2 rings (SSSR count). The molecule has 0 bridgehead atoms. The lowest BCUT2D eigenvalue weighted by molar-refractivity contribution is -0.359. The molecule has 0 aromatic rings. The van der Waals surface area contributed by atoms with E-state index in [2.05, 4.69) is 104 Å². The lowest BCUT2D eigenvalue weighted by Crippen LogP contribution is -2.65. The largest absolute Gasteiger partial charge is 0.394 e. The number of carbonyl (C=O) groups excluding carboxylic acids is 1. The van der Waals surface area contributed by atoms with E-state index in [-0.39, 0.29) is 12.5 Å². The molecule has 0 aromatic heterocycles. The van der Waals surface area contributed by atoms with Gasteiger partial charge in [0, 0.05) is 6.42 Å². The highest BCUT2D eigenvalue weighted by Crippen LogP contribution is 2.30. The molecule has 12 unspecified atom stereocenters. The van der Waals surface area contributed by atoms with E-state index in [1.165, 1.54) is 103 Å². The first-order valence-electron chi connectivity index (χ1n) is 31.8. The van der Waals surface area contributed by atoms with Gasteiger partial charge in [-0.2, -0.15) is 0 Å². The predicted octanol–water partition coefficient (Wildman–Crippen LogP) is 11.7. The van der Waals surface area contributed by atoms with Gasteiger partial charge in [-0.25, -0.2) is 0 Å². The molecule has 462 valence electrons. The molecule has 2 aliphatic rings. The summed E-state index contributed by atoms with van der Waals surface area (Å²) in [5.74, 6) is -0.216. The Bertz CT molecular complexity index is 1660. The Morgan fingerprint density at radius 2 is 0.863 bits per heavy atom. The van der Waals surface area contributed by atoms with Gasteiger partial charge in [0.25, 0.3) is 0 Å². The molecular weight excluding hydrogens is 1010 g/mol. The van der Waals surface area contributed by atoms with Crippen molar-refractivity contribution in [3.8, 4) is 0 Å². The van der Waals surface area contributed by atoms with E-state index in [1.807, 2.05) is 0 Å². The number of hydrogen-bond donors (Lipinski definition) is 9. The predicted molar refractivity (Wildman–Crippen MR) is 323 cm³/mol. The van der Waals surface area contributed by atoms with E-state index in [0.717, 1.165) is 96.3 Å². The van der Waals surface area contributed by atoms with Crippen molar-refractivity contribution in [2.45, 2.75) is 306 Å². The summed E-state index contributed by atoms with van der Waals surface area (Å²) in [6, 6.07) is -0.837. The van der Waals surface area contributed by atoms with Crippen LogP contribution in [0.4, 0.5) is 0 Å². The molecule has 2 saturated heterocycles. The minimum atomic E-state index is -1.79. The first-order valence-corrected chi connectivity index (χ1v) is 31.8. The Morgan fingerprint density at radius 3 is 1.32 bits per heavy atom. The van der Waals surface area contributed by atoms with Crippen LogP contribution in [0.2, 0.25) is 0 Å². The van der Waals surface area contributed by atoms with E-state index >= 15 is 0 Å². The molecule has 0 aliphatic carbocycles. The third-order valence-corrected chi connectivity index (χ3v) is 15.1. The first-order chi connectivity index (χ1) is 39.1. The second kappa shape index (κ2) is 50.7. The fourth-order valence-corrected chi connectivity index (χ4v) is 10.0. The van der Waals surface area contributed by atoms with Gasteiger partial charge in [-0.05, 0) is 70.6 Å². The van der Waals surface area contributed by atoms with Gasteiger partial charge in [0.15, 0.2) is 12.6 Å². The van der Waals surface area contributed by atoms with Crippen LogP contribution in [0.5, 0.6) is 0 Å². The molecule has 0 radical (unpaired) electrons. The Balaban J connectivity index is 1.69. The van der Waals surface area contributed by atoms with Gasteiger partial charge in [-0.3, -0.25) is 4.79 Å². The molecular formula is C66H115NO13. The van der Waals surface area contributed by atoms with Crippen LogP contribution in [0.1, 0.15) is 232 Å². The molecule has 0 saturated carbocycles. The number of aliphatic hydroxyl groups is 8. The lowest BCUT2D eigenvalue weighted by Gasteiger charge is -2.46. The van der Waals surface area contributed by atoms with Crippen molar-refractivity contribution < 1.29 is 64.6 Å². The lowest BCUT2D eigenvalue weighted by atomic mass is 9.97. The van der Waals surface area contributed by atoms with Crippen LogP contribution in [-0.2, 0) is 23.7 Å². The second-order valence-electron chi connectivity index (χ2n) is 22.2. The number of rotatable bonds is 50. The number of nitrogens with one attached hydrogen (secondary N) is 1. The maximum atomic E-state index is 13.3. The van der Waals surface area contributed by atoms with Gasteiger partial charge in [0.1, 0.15) is 48.8 Å². The van der Waals surface area contributed by atoms with Crippen molar-refractivity contribution in [1.29, 1.82) is 0 Å². The molecule has 12 atom stereocenters. The van der Waals surface area contributed by atoms with Gasteiger partial charge in [0.05, 0.1) is 32.0 Å². The number of amides is 1. The zero-order valence-electron chi connectivity index (χ0n) is 49.8. The summed E-state index contributed by atoms with van der Waals surface area (Å²) < 4.78 is 22.8. The molecule has 80 heavy (non-hydrogen) atoms. The van der Waals surface area contributed by atoms with Crippen LogP contribution in [0.25, 0.3) is 0 Å². The highest BCUT2D eigenvalue weighted by Gasteiger charge is 2.51. The van der Waals surface area contributed by atoms with Crippen molar-refractivity contribution in [2.75, 3.05) is 19.8 Å². The summed E-state index contributed by atoms with van der Waals surface area (Å²) >= 11 is 0. The molecule has 2 aliphatic heterocycles. The molecule has 2 fully saturated rings. The summed E-state index contributed by atoms with van der Waals surface area (Å²) in [6.07, 6.45) is 51.5. The zero-order chi connectivity index (χ0) is 58.1. The molecule has 0 aromatic carbocycles. The van der Waals surface area contributed by atoms with Crippen LogP contribution < -0.4 is 5.32 Å². The number of ether oxygens (including phenoxy) is 4. The van der Waals surface area contributed by atoms with Crippen molar-refractivity contribution in [2.24, 2.45) is 0 Å². The summed E-state index contributed by atoms with van der Waals surface area (Å²) in [6.45, 7) is 2.74. The first kappa shape index (κ1) is 73.3. The van der Waals surface area contributed by atoms with Gasteiger partial charge in [-0.1, -0.05) is 240 Å². The minimum absolute atomic E-state index is 0.216.